The Kier molecular flexibility index (Phi) is 5.29. The number of aromatic amines is 1. The lowest BCUT2D eigenvalue weighted by Crippen LogP contribution is -2.37. The fourth-order valence-corrected chi connectivity index (χ4v) is 6.17. The van der Waals surface area contributed by atoms with Gasteiger partial charge in [-0.3, -0.25) is 4.90 Å². The van der Waals surface area contributed by atoms with Crippen molar-refractivity contribution in [3.63, 3.8) is 0 Å². The van der Waals surface area contributed by atoms with Gasteiger partial charge in [0.25, 0.3) is 0 Å². The number of nitrogens with zero attached hydrogens (tertiary/aromatic N) is 1. The van der Waals surface area contributed by atoms with E-state index in [9.17, 15) is 9.90 Å². The minimum absolute atomic E-state index is 0.358. The van der Waals surface area contributed by atoms with Crippen molar-refractivity contribution in [1.29, 1.82) is 0 Å². The average Bonchev–Trinajstić information content (AvgIpc) is 3.75. The third-order valence-corrected chi connectivity index (χ3v) is 8.40. The molecular formula is C29H34N2O2. The summed E-state index contributed by atoms with van der Waals surface area (Å²) < 4.78 is 0. The number of aromatic carboxylic acids is 1. The Bertz CT molecular complexity index is 1170. The summed E-state index contributed by atoms with van der Waals surface area (Å²) in [6.45, 7) is 4.32. The minimum Gasteiger partial charge on any atom is -0.478 e. The van der Waals surface area contributed by atoms with Gasteiger partial charge in [0.1, 0.15) is 0 Å². The van der Waals surface area contributed by atoms with E-state index >= 15 is 0 Å². The van der Waals surface area contributed by atoms with E-state index < -0.39 is 5.97 Å². The summed E-state index contributed by atoms with van der Waals surface area (Å²) in [5.74, 6) is 1.73. The molecule has 1 aromatic heterocycles. The van der Waals surface area contributed by atoms with E-state index in [1.807, 2.05) is 0 Å². The molecule has 4 heteroatoms. The van der Waals surface area contributed by atoms with E-state index in [0.717, 1.165) is 30.8 Å². The number of benzene rings is 2. The highest BCUT2D eigenvalue weighted by atomic mass is 16.4. The van der Waals surface area contributed by atoms with Crippen LogP contribution in [-0.2, 0) is 13.0 Å². The third-order valence-electron chi connectivity index (χ3n) is 8.40. The fraction of sp³-hybridized carbons (Fsp3) is 0.483. The van der Waals surface area contributed by atoms with Gasteiger partial charge in [0.05, 0.1) is 5.56 Å². The molecule has 2 unspecified atom stereocenters. The highest BCUT2D eigenvalue weighted by Gasteiger charge is 2.38. The number of likely N-dealkylation sites (tertiary alicyclic amines) is 1. The van der Waals surface area contributed by atoms with Crippen LogP contribution in [-0.4, -0.2) is 27.5 Å². The summed E-state index contributed by atoms with van der Waals surface area (Å²) in [6.07, 6.45) is 11.3. The van der Waals surface area contributed by atoms with Gasteiger partial charge in [-0.25, -0.2) is 4.79 Å². The molecule has 3 aromatic rings. The van der Waals surface area contributed by atoms with Crippen LogP contribution in [0.15, 0.2) is 42.6 Å². The van der Waals surface area contributed by atoms with Gasteiger partial charge in [-0.05, 0) is 117 Å². The number of hydrogen-bond donors (Lipinski definition) is 2. The number of hydrogen-bond acceptors (Lipinski definition) is 2. The van der Waals surface area contributed by atoms with Crippen LogP contribution < -0.4 is 0 Å². The monoisotopic (exact) mass is 442 g/mol. The molecule has 0 amide bonds. The van der Waals surface area contributed by atoms with Gasteiger partial charge in [-0.15, -0.1) is 0 Å². The van der Waals surface area contributed by atoms with Gasteiger partial charge < -0.3 is 10.1 Å². The number of aryl methyl sites for hydroxylation is 1. The molecule has 0 bridgehead atoms. The largest absolute Gasteiger partial charge is 0.478 e. The molecule has 2 aliphatic carbocycles. The van der Waals surface area contributed by atoms with Gasteiger partial charge in [-0.2, -0.15) is 0 Å². The highest BCUT2D eigenvalue weighted by molar-refractivity contribution is 5.88. The molecule has 2 saturated carbocycles. The topological polar surface area (TPSA) is 56.3 Å². The van der Waals surface area contributed by atoms with E-state index in [4.69, 9.17) is 0 Å². The number of carbonyl (C=O) groups is 1. The number of aromatic nitrogens is 1. The Morgan fingerprint density at radius 3 is 2.55 bits per heavy atom. The number of piperidine rings is 1. The summed E-state index contributed by atoms with van der Waals surface area (Å²) in [5, 5.41) is 10.7. The molecule has 3 fully saturated rings. The van der Waals surface area contributed by atoms with Crippen LogP contribution in [0, 0.1) is 24.7 Å². The molecule has 2 atom stereocenters. The second-order valence-electron chi connectivity index (χ2n) is 10.8. The minimum atomic E-state index is -0.850. The van der Waals surface area contributed by atoms with Crippen molar-refractivity contribution < 1.29 is 9.90 Å². The summed E-state index contributed by atoms with van der Waals surface area (Å²) >= 11 is 0. The second kappa shape index (κ2) is 8.32. The molecule has 2 heterocycles. The van der Waals surface area contributed by atoms with E-state index in [1.165, 1.54) is 78.1 Å². The summed E-state index contributed by atoms with van der Waals surface area (Å²) in [4.78, 5) is 17.5. The Balaban J connectivity index is 1.35. The molecule has 1 aliphatic heterocycles. The predicted molar refractivity (Wildman–Crippen MR) is 131 cm³/mol. The lowest BCUT2D eigenvalue weighted by Gasteiger charge is -2.40. The van der Waals surface area contributed by atoms with Crippen LogP contribution in [0.4, 0.5) is 0 Å². The van der Waals surface area contributed by atoms with Crippen molar-refractivity contribution in [2.24, 2.45) is 17.8 Å². The average molecular weight is 443 g/mol. The maximum absolute atomic E-state index is 11.4. The van der Waals surface area contributed by atoms with E-state index in [0.29, 0.717) is 11.6 Å². The first-order valence-corrected chi connectivity index (χ1v) is 12.7. The molecule has 172 valence electrons. The molecule has 0 radical (unpaired) electrons. The Morgan fingerprint density at radius 2 is 1.85 bits per heavy atom. The zero-order chi connectivity index (χ0) is 22.5. The number of H-pyrrole nitrogens is 1. The molecular weight excluding hydrogens is 408 g/mol. The molecule has 1 saturated heterocycles. The van der Waals surface area contributed by atoms with Crippen molar-refractivity contribution >= 4 is 16.9 Å². The molecule has 0 spiro atoms. The SMILES string of the molecule is Cc1cc(CC2CC2)c(CN2CCC(C3CC3)CC2c2ccc(C(=O)O)cc2)c2cc[nH]c12. The molecule has 4 nitrogen and oxygen atoms in total. The van der Waals surface area contributed by atoms with Gasteiger partial charge in [-0.1, -0.05) is 18.2 Å². The lowest BCUT2D eigenvalue weighted by molar-refractivity contribution is 0.0696. The smallest absolute Gasteiger partial charge is 0.335 e. The standard InChI is InChI=1S/C29H34N2O2/c1-18-14-24(15-19-2-3-19)26(25-10-12-30-28(18)25)17-31-13-11-23(20-4-5-20)16-27(31)21-6-8-22(9-7-21)29(32)33/h6-10,12,14,19-20,23,27,30H,2-5,11,13,15-17H2,1H3,(H,32,33). The van der Waals surface area contributed by atoms with Crippen molar-refractivity contribution in [2.45, 2.75) is 64.5 Å². The van der Waals surface area contributed by atoms with Crippen LogP contribution in [0.3, 0.4) is 0 Å². The molecule has 2 N–H and O–H groups in total. The Morgan fingerprint density at radius 1 is 1.06 bits per heavy atom. The van der Waals surface area contributed by atoms with Crippen molar-refractivity contribution in [3.05, 3.63) is 70.4 Å². The van der Waals surface area contributed by atoms with Gasteiger partial charge in [0.15, 0.2) is 0 Å². The van der Waals surface area contributed by atoms with Crippen LogP contribution in [0.5, 0.6) is 0 Å². The maximum atomic E-state index is 11.4. The van der Waals surface area contributed by atoms with E-state index in [2.05, 4.69) is 47.3 Å². The van der Waals surface area contributed by atoms with E-state index in [-0.39, 0.29) is 0 Å². The second-order valence-corrected chi connectivity index (χ2v) is 10.8. The quantitative estimate of drug-likeness (QED) is 0.440. The first-order chi connectivity index (χ1) is 16.1. The third kappa shape index (κ3) is 4.21. The van der Waals surface area contributed by atoms with Crippen molar-refractivity contribution in [2.75, 3.05) is 6.54 Å². The van der Waals surface area contributed by atoms with Crippen LogP contribution in [0.2, 0.25) is 0 Å². The maximum Gasteiger partial charge on any atom is 0.335 e. The summed E-state index contributed by atoms with van der Waals surface area (Å²) in [6, 6.07) is 12.7. The van der Waals surface area contributed by atoms with Crippen molar-refractivity contribution in [3.8, 4) is 0 Å². The molecule has 3 aliphatic rings. The number of rotatable bonds is 7. The summed E-state index contributed by atoms with van der Waals surface area (Å²) in [7, 11) is 0. The summed E-state index contributed by atoms with van der Waals surface area (Å²) in [5.41, 5.74) is 7.31. The zero-order valence-electron chi connectivity index (χ0n) is 19.5. The molecule has 6 rings (SSSR count). The van der Waals surface area contributed by atoms with Gasteiger partial charge in [0.2, 0.25) is 0 Å². The molecule has 33 heavy (non-hydrogen) atoms. The van der Waals surface area contributed by atoms with E-state index in [1.54, 1.807) is 12.1 Å². The Labute approximate surface area is 196 Å². The number of carboxylic acids is 1. The van der Waals surface area contributed by atoms with Crippen LogP contribution >= 0.6 is 0 Å². The normalized spacial score (nSPS) is 23.8. The lowest BCUT2D eigenvalue weighted by atomic mass is 9.83. The first kappa shape index (κ1) is 21.0. The van der Waals surface area contributed by atoms with Crippen LogP contribution in [0.1, 0.15) is 77.2 Å². The van der Waals surface area contributed by atoms with Gasteiger partial charge >= 0.3 is 5.97 Å². The number of carboxylic acid groups (broad SMARTS) is 1. The number of fused-ring (bicyclic) bond motifs is 1. The fourth-order valence-electron chi connectivity index (χ4n) is 6.17. The Hall–Kier alpha value is -2.59. The first-order valence-electron chi connectivity index (χ1n) is 12.7. The van der Waals surface area contributed by atoms with Gasteiger partial charge in [0, 0.05) is 29.7 Å². The van der Waals surface area contributed by atoms with Crippen LogP contribution in [0.25, 0.3) is 10.9 Å². The number of nitrogens with one attached hydrogen (secondary N) is 1. The highest BCUT2D eigenvalue weighted by Crippen LogP contribution is 2.47. The zero-order valence-corrected chi connectivity index (χ0v) is 19.5. The molecule has 2 aromatic carbocycles. The van der Waals surface area contributed by atoms with Crippen molar-refractivity contribution in [1.82, 2.24) is 9.88 Å². The predicted octanol–water partition coefficient (Wildman–Crippen LogP) is 6.49.